The minimum Gasteiger partial charge on any atom is -0.368 e. The summed E-state index contributed by atoms with van der Waals surface area (Å²) in [5.41, 5.74) is 4.17. The number of unbranched alkanes of at least 4 members (excludes halogenated alkanes) is 1. The summed E-state index contributed by atoms with van der Waals surface area (Å²) in [7, 11) is 0. The molecular formula is C41H46FN3O4S. The monoisotopic (exact) mass is 695 g/mol. The van der Waals surface area contributed by atoms with Crippen molar-refractivity contribution in [1.82, 2.24) is 14.5 Å². The first-order valence-corrected chi connectivity index (χ1v) is 19.1. The molecule has 3 aliphatic rings. The van der Waals surface area contributed by atoms with Crippen molar-refractivity contribution in [1.29, 1.82) is 0 Å². The second-order valence-corrected chi connectivity index (χ2v) is 15.3. The van der Waals surface area contributed by atoms with Crippen LogP contribution < -0.4 is 5.56 Å². The van der Waals surface area contributed by atoms with E-state index < -0.39 is 17.1 Å². The molecular weight excluding hydrogens is 650 g/mol. The van der Waals surface area contributed by atoms with E-state index in [1.807, 2.05) is 41.3 Å². The van der Waals surface area contributed by atoms with Gasteiger partial charge in [-0.05, 0) is 111 Å². The van der Waals surface area contributed by atoms with Gasteiger partial charge in [-0.25, -0.2) is 9.37 Å². The molecule has 262 valence electrons. The molecule has 7 rings (SSSR count). The van der Waals surface area contributed by atoms with Crippen LogP contribution in [0, 0.1) is 11.7 Å². The van der Waals surface area contributed by atoms with Gasteiger partial charge in [0.25, 0.3) is 5.56 Å². The lowest BCUT2D eigenvalue weighted by atomic mass is 9.83. The van der Waals surface area contributed by atoms with E-state index in [1.165, 1.54) is 35.9 Å². The fraction of sp³-hybridized carbons (Fsp3) is 0.439. The van der Waals surface area contributed by atoms with Crippen molar-refractivity contribution in [2.24, 2.45) is 5.92 Å². The molecule has 2 aliphatic heterocycles. The molecule has 1 N–H and O–H groups in total. The lowest BCUT2D eigenvalue weighted by molar-refractivity contribution is -0.165. The number of likely N-dealkylation sites (tertiary alicyclic amines) is 1. The Hall–Kier alpha value is -3.79. The number of nitrogens with zero attached hydrogens (tertiary/aromatic N) is 3. The van der Waals surface area contributed by atoms with E-state index in [0.29, 0.717) is 61.3 Å². The number of aliphatic hydroxyl groups is 1. The van der Waals surface area contributed by atoms with E-state index in [-0.39, 0.29) is 23.2 Å². The number of carbonyl (C=O) groups is 1. The summed E-state index contributed by atoms with van der Waals surface area (Å²) >= 11 is 1.40. The van der Waals surface area contributed by atoms with Gasteiger partial charge in [0.1, 0.15) is 5.82 Å². The Morgan fingerprint density at radius 2 is 1.88 bits per heavy atom. The number of piperidine rings is 1. The molecule has 3 heterocycles. The first kappa shape index (κ1) is 34.6. The number of aliphatic hydroxyl groups excluding tert-OH is 1. The summed E-state index contributed by atoms with van der Waals surface area (Å²) in [6.45, 7) is 3.19. The van der Waals surface area contributed by atoms with Gasteiger partial charge in [-0.1, -0.05) is 74.0 Å². The zero-order chi connectivity index (χ0) is 34.7. The van der Waals surface area contributed by atoms with Crippen LogP contribution in [0.15, 0.2) is 88.8 Å². The third kappa shape index (κ3) is 7.46. The number of hydrogen-bond donors (Lipinski definition) is 1. The Kier molecular flexibility index (Phi) is 10.5. The average Bonchev–Trinajstić information content (AvgIpc) is 3.44. The van der Waals surface area contributed by atoms with Crippen LogP contribution in [-0.4, -0.2) is 55.7 Å². The first-order chi connectivity index (χ1) is 24.3. The van der Waals surface area contributed by atoms with Crippen molar-refractivity contribution in [3.63, 3.8) is 0 Å². The minimum absolute atomic E-state index is 0.0507. The van der Waals surface area contributed by atoms with E-state index in [4.69, 9.17) is 9.72 Å². The smallest absolute Gasteiger partial charge is 0.266 e. The molecule has 1 aromatic heterocycles. The molecule has 3 atom stereocenters. The second kappa shape index (κ2) is 15.2. The normalized spacial score (nSPS) is 21.0. The van der Waals surface area contributed by atoms with Crippen LogP contribution >= 0.6 is 11.8 Å². The number of benzene rings is 3. The van der Waals surface area contributed by atoms with Crippen LogP contribution in [0.4, 0.5) is 4.39 Å². The maximum Gasteiger partial charge on any atom is 0.266 e. The van der Waals surface area contributed by atoms with Crippen LogP contribution in [0.2, 0.25) is 0 Å². The zero-order valence-corrected chi connectivity index (χ0v) is 29.5. The Balaban J connectivity index is 1.12. The Labute approximate surface area is 297 Å². The molecule has 2 saturated heterocycles. The SMILES string of the molecule is CCCCC(Sc1nc2ccccc2c(=O)n1-c1cccc(C2=CCCCC2)c1)C(=O)N1CCC2(CC1)CC(Cc1ccc(F)cc1)C(O)O2. The highest BCUT2D eigenvalue weighted by Gasteiger charge is 2.48. The van der Waals surface area contributed by atoms with E-state index in [2.05, 4.69) is 25.1 Å². The van der Waals surface area contributed by atoms with Crippen LogP contribution in [0.3, 0.4) is 0 Å². The summed E-state index contributed by atoms with van der Waals surface area (Å²) in [6.07, 6.45) is 11.0. The summed E-state index contributed by atoms with van der Waals surface area (Å²) in [4.78, 5) is 35.5. The van der Waals surface area contributed by atoms with Gasteiger partial charge < -0.3 is 14.7 Å². The quantitative estimate of drug-likeness (QED) is 0.133. The highest BCUT2D eigenvalue weighted by atomic mass is 32.2. The summed E-state index contributed by atoms with van der Waals surface area (Å²) in [6, 6.07) is 22.0. The first-order valence-electron chi connectivity index (χ1n) is 18.2. The number of halogens is 1. The standard InChI is InChI=1S/C41H46FN3O4S/c1-2-3-16-36(38(47)44-23-21-41(22-24-44)27-31(39(48)49-41)25-28-17-19-32(42)20-18-28)50-40-43-35-15-8-7-14-34(35)37(46)45(40)33-13-9-12-30(26-33)29-10-5-4-6-11-29/h7-10,12-15,17-20,26,31,36,39,48H,2-6,11,16,21-25,27H2,1H3. The molecule has 3 aromatic carbocycles. The minimum atomic E-state index is -0.890. The Bertz CT molecular complexity index is 1920. The number of fused-ring (bicyclic) bond motifs is 1. The Morgan fingerprint density at radius 1 is 1.08 bits per heavy atom. The topological polar surface area (TPSA) is 84.7 Å². The zero-order valence-electron chi connectivity index (χ0n) is 28.7. The molecule has 3 unspecified atom stereocenters. The number of para-hydroxylation sites is 1. The maximum atomic E-state index is 14.3. The van der Waals surface area contributed by atoms with Gasteiger partial charge in [0.05, 0.1) is 27.4 Å². The third-order valence-corrected chi connectivity index (χ3v) is 11.9. The third-order valence-electron chi connectivity index (χ3n) is 10.7. The van der Waals surface area contributed by atoms with E-state index in [0.717, 1.165) is 48.9 Å². The highest BCUT2D eigenvalue weighted by Crippen LogP contribution is 2.43. The van der Waals surface area contributed by atoms with E-state index in [9.17, 15) is 19.1 Å². The van der Waals surface area contributed by atoms with Crippen molar-refractivity contribution < 1.29 is 19.0 Å². The van der Waals surface area contributed by atoms with Gasteiger partial charge >= 0.3 is 0 Å². The molecule has 1 spiro atoms. The van der Waals surface area contributed by atoms with Crippen LogP contribution in [0.25, 0.3) is 22.2 Å². The van der Waals surface area contributed by atoms with Crippen LogP contribution in [-0.2, 0) is 16.0 Å². The summed E-state index contributed by atoms with van der Waals surface area (Å²) < 4.78 is 21.3. The van der Waals surface area contributed by atoms with Crippen molar-refractivity contribution in [2.45, 2.75) is 99.9 Å². The lowest BCUT2D eigenvalue weighted by Gasteiger charge is -2.40. The maximum absolute atomic E-state index is 14.3. The molecule has 50 heavy (non-hydrogen) atoms. The molecule has 0 saturated carbocycles. The summed E-state index contributed by atoms with van der Waals surface area (Å²) in [5.74, 6) is -0.309. The van der Waals surface area contributed by atoms with Gasteiger partial charge in [-0.15, -0.1) is 0 Å². The van der Waals surface area contributed by atoms with Crippen molar-refractivity contribution in [2.75, 3.05) is 13.1 Å². The largest absolute Gasteiger partial charge is 0.368 e. The summed E-state index contributed by atoms with van der Waals surface area (Å²) in [5, 5.41) is 11.5. The number of ether oxygens (including phenoxy) is 1. The number of amides is 1. The lowest BCUT2D eigenvalue weighted by Crippen LogP contribution is -2.49. The van der Waals surface area contributed by atoms with Gasteiger partial charge in [0, 0.05) is 19.0 Å². The van der Waals surface area contributed by atoms with Gasteiger partial charge in [0.15, 0.2) is 11.4 Å². The number of rotatable bonds is 10. The number of hydrogen-bond acceptors (Lipinski definition) is 6. The average molecular weight is 696 g/mol. The van der Waals surface area contributed by atoms with Gasteiger partial charge in [-0.2, -0.15) is 0 Å². The van der Waals surface area contributed by atoms with E-state index >= 15 is 0 Å². The molecule has 4 aromatic rings. The fourth-order valence-electron chi connectivity index (χ4n) is 7.85. The molecule has 9 heteroatoms. The van der Waals surface area contributed by atoms with Gasteiger partial charge in [0.2, 0.25) is 5.91 Å². The number of thioether (sulfide) groups is 1. The van der Waals surface area contributed by atoms with Crippen LogP contribution in [0.1, 0.15) is 82.3 Å². The molecule has 7 nitrogen and oxygen atoms in total. The molecule has 0 radical (unpaired) electrons. The molecule has 0 bridgehead atoms. The fourth-order valence-corrected chi connectivity index (χ4v) is 9.08. The second-order valence-electron chi connectivity index (χ2n) is 14.1. The van der Waals surface area contributed by atoms with Gasteiger partial charge in [-0.3, -0.25) is 14.2 Å². The molecule has 2 fully saturated rings. The molecule has 1 aliphatic carbocycles. The number of carbonyl (C=O) groups excluding carboxylic acids is 1. The van der Waals surface area contributed by atoms with E-state index in [1.54, 1.807) is 16.7 Å². The predicted molar refractivity (Wildman–Crippen MR) is 197 cm³/mol. The van der Waals surface area contributed by atoms with Crippen molar-refractivity contribution in [3.05, 3.63) is 106 Å². The number of aromatic nitrogens is 2. The Morgan fingerprint density at radius 3 is 2.64 bits per heavy atom. The highest BCUT2D eigenvalue weighted by molar-refractivity contribution is 8.00. The van der Waals surface area contributed by atoms with Crippen molar-refractivity contribution in [3.8, 4) is 5.69 Å². The van der Waals surface area contributed by atoms with Crippen LogP contribution in [0.5, 0.6) is 0 Å². The van der Waals surface area contributed by atoms with Crippen molar-refractivity contribution >= 4 is 34.1 Å². The molecule has 1 amide bonds. The number of allylic oxidation sites excluding steroid dienone is 2. The predicted octanol–water partition coefficient (Wildman–Crippen LogP) is 8.09.